The van der Waals surface area contributed by atoms with Crippen molar-refractivity contribution in [1.82, 2.24) is 19.5 Å². The normalized spacial score (nSPS) is 11.5. The van der Waals surface area contributed by atoms with Gasteiger partial charge in [-0.15, -0.1) is 0 Å². The van der Waals surface area contributed by atoms with Crippen LogP contribution in [0, 0.1) is 0 Å². The summed E-state index contributed by atoms with van der Waals surface area (Å²) in [5.41, 5.74) is 6.34. The van der Waals surface area contributed by atoms with Crippen molar-refractivity contribution in [2.24, 2.45) is 0 Å². The summed E-state index contributed by atoms with van der Waals surface area (Å²) >= 11 is 0. The van der Waals surface area contributed by atoms with Crippen molar-refractivity contribution in [1.29, 1.82) is 0 Å². The molecule has 6 heteroatoms. The van der Waals surface area contributed by atoms with Gasteiger partial charge in [0.15, 0.2) is 0 Å². The first-order chi connectivity index (χ1) is 25.3. The van der Waals surface area contributed by atoms with Gasteiger partial charge in [-0.2, -0.15) is 0 Å². The van der Waals surface area contributed by atoms with E-state index in [0.29, 0.717) is 0 Å². The number of para-hydroxylation sites is 2. The predicted molar refractivity (Wildman–Crippen MR) is 212 cm³/mol. The molecule has 0 spiro atoms. The third kappa shape index (κ3) is 5.21. The zero-order chi connectivity index (χ0) is 34.0. The van der Waals surface area contributed by atoms with E-state index in [1.807, 2.05) is 30.7 Å². The van der Waals surface area contributed by atoms with Crippen LogP contribution in [0.2, 0.25) is 0 Å². The molecular weight excluding hydrogens is 639 g/mol. The van der Waals surface area contributed by atoms with E-state index in [2.05, 4.69) is 177 Å². The lowest BCUT2D eigenvalue weighted by molar-refractivity contribution is 1.18. The lowest BCUT2D eigenvalue weighted by Gasteiger charge is -2.34. The van der Waals surface area contributed by atoms with Crippen LogP contribution >= 0.6 is 0 Å². The monoisotopic (exact) mass is 671 g/mol. The van der Waals surface area contributed by atoms with Gasteiger partial charge in [-0.05, 0) is 76.2 Å². The van der Waals surface area contributed by atoms with E-state index < -0.39 is 8.07 Å². The standard InChI is InChI=1S/C45H33N5Si/c1-4-14-34(15-5-1)50-43-23-11-10-22-41(43)42-30-40(25-26-44(42)50)51(38-18-6-2-7-19-38,39-20-8-3-9-21-39)45-27-24-37(33-48-45)49(35-16-12-28-46-31-35)36-17-13-29-47-32-36/h1-33H. The summed E-state index contributed by atoms with van der Waals surface area (Å²) in [5.74, 6) is 0. The molecule has 0 aliphatic rings. The smallest absolute Gasteiger partial charge is 0.201 e. The molecule has 4 aromatic heterocycles. The maximum absolute atomic E-state index is 5.42. The molecule has 9 aromatic rings. The second-order valence-electron chi connectivity index (χ2n) is 12.6. The number of rotatable bonds is 8. The first kappa shape index (κ1) is 30.4. The van der Waals surface area contributed by atoms with Crippen molar-refractivity contribution in [3.05, 3.63) is 201 Å². The Bertz CT molecular complexity index is 2480. The molecule has 242 valence electrons. The number of hydrogen-bond donors (Lipinski definition) is 0. The largest absolute Gasteiger partial charge is 0.309 e. The lowest BCUT2D eigenvalue weighted by Crippen LogP contribution is -2.75. The Morgan fingerprint density at radius 1 is 0.431 bits per heavy atom. The minimum atomic E-state index is -2.95. The third-order valence-corrected chi connectivity index (χ3v) is 14.4. The van der Waals surface area contributed by atoms with Gasteiger partial charge in [0.25, 0.3) is 0 Å². The van der Waals surface area contributed by atoms with Gasteiger partial charge in [-0.25, -0.2) is 0 Å². The van der Waals surface area contributed by atoms with Gasteiger partial charge in [0.05, 0.1) is 46.7 Å². The SMILES string of the molecule is c1ccc(-n2c3ccccc3c3cc([Si](c4ccccc4)(c4ccccc4)c4ccc(N(c5cccnc5)c5cccnc5)cn4)ccc32)cc1. The molecule has 0 saturated carbocycles. The van der Waals surface area contributed by atoms with Crippen LogP contribution in [0.25, 0.3) is 27.5 Å². The molecule has 5 aromatic carbocycles. The second kappa shape index (κ2) is 13.0. The van der Waals surface area contributed by atoms with E-state index in [1.165, 1.54) is 37.4 Å². The molecule has 0 atom stereocenters. The maximum atomic E-state index is 5.42. The van der Waals surface area contributed by atoms with Crippen LogP contribution in [0.5, 0.6) is 0 Å². The van der Waals surface area contributed by atoms with Crippen LogP contribution in [0.1, 0.15) is 0 Å². The van der Waals surface area contributed by atoms with E-state index >= 15 is 0 Å². The maximum Gasteiger partial charge on any atom is 0.201 e. The van der Waals surface area contributed by atoms with Gasteiger partial charge >= 0.3 is 0 Å². The molecule has 0 bridgehead atoms. The number of pyridine rings is 3. The van der Waals surface area contributed by atoms with E-state index in [0.717, 1.165) is 28.1 Å². The zero-order valence-electron chi connectivity index (χ0n) is 27.8. The van der Waals surface area contributed by atoms with Crippen LogP contribution in [0.15, 0.2) is 201 Å². The minimum absolute atomic E-state index is 0.935. The minimum Gasteiger partial charge on any atom is -0.309 e. The topological polar surface area (TPSA) is 46.8 Å². The highest BCUT2D eigenvalue weighted by atomic mass is 28.3. The molecule has 0 unspecified atom stereocenters. The van der Waals surface area contributed by atoms with Crippen molar-refractivity contribution in [2.75, 3.05) is 4.90 Å². The Balaban J connectivity index is 1.30. The summed E-state index contributed by atoms with van der Waals surface area (Å²) < 4.78 is 2.38. The van der Waals surface area contributed by atoms with Crippen LogP contribution in [-0.2, 0) is 0 Å². The van der Waals surface area contributed by atoms with Crippen molar-refractivity contribution < 1.29 is 0 Å². The number of anilines is 3. The van der Waals surface area contributed by atoms with Gasteiger partial charge in [-0.1, -0.05) is 109 Å². The van der Waals surface area contributed by atoms with E-state index in [-0.39, 0.29) is 0 Å². The number of aromatic nitrogens is 4. The molecule has 0 amide bonds. The molecular formula is C45H33N5Si. The molecule has 51 heavy (non-hydrogen) atoms. The number of nitrogens with zero attached hydrogens (tertiary/aromatic N) is 5. The quantitative estimate of drug-likeness (QED) is 0.122. The first-order valence-electron chi connectivity index (χ1n) is 17.1. The van der Waals surface area contributed by atoms with Gasteiger partial charge in [0.1, 0.15) is 0 Å². The summed E-state index contributed by atoms with van der Waals surface area (Å²) in [6.07, 6.45) is 9.33. The van der Waals surface area contributed by atoms with Crippen LogP contribution in [0.3, 0.4) is 0 Å². The zero-order valence-corrected chi connectivity index (χ0v) is 28.8. The highest BCUT2D eigenvalue weighted by molar-refractivity contribution is 7.19. The average molecular weight is 672 g/mol. The average Bonchev–Trinajstić information content (AvgIpc) is 3.55. The molecule has 9 rings (SSSR count). The molecule has 0 N–H and O–H groups in total. The molecule has 0 aliphatic carbocycles. The number of fused-ring (bicyclic) bond motifs is 3. The van der Waals surface area contributed by atoms with E-state index in [1.54, 1.807) is 12.4 Å². The molecule has 0 fully saturated rings. The van der Waals surface area contributed by atoms with Crippen molar-refractivity contribution in [3.8, 4) is 5.69 Å². The van der Waals surface area contributed by atoms with Gasteiger partial charge in [0, 0.05) is 34.2 Å². The predicted octanol–water partition coefficient (Wildman–Crippen LogP) is 7.82. The van der Waals surface area contributed by atoms with Gasteiger partial charge in [-0.3, -0.25) is 15.0 Å². The van der Waals surface area contributed by atoms with Crippen LogP contribution < -0.4 is 25.8 Å². The van der Waals surface area contributed by atoms with Crippen LogP contribution in [0.4, 0.5) is 17.1 Å². The Hall–Kier alpha value is -6.63. The van der Waals surface area contributed by atoms with Crippen LogP contribution in [-0.4, -0.2) is 27.6 Å². The molecule has 0 aliphatic heterocycles. The summed E-state index contributed by atoms with van der Waals surface area (Å²) in [6.45, 7) is 0. The molecule has 4 heterocycles. The fourth-order valence-corrected chi connectivity index (χ4v) is 12.1. The summed E-state index contributed by atoms with van der Waals surface area (Å²) in [4.78, 5) is 16.4. The Morgan fingerprint density at radius 2 is 1.00 bits per heavy atom. The first-order valence-corrected chi connectivity index (χ1v) is 19.1. The van der Waals surface area contributed by atoms with E-state index in [4.69, 9.17) is 4.98 Å². The fraction of sp³-hybridized carbons (Fsp3) is 0. The van der Waals surface area contributed by atoms with Gasteiger partial charge in [0.2, 0.25) is 8.07 Å². The van der Waals surface area contributed by atoms with Gasteiger partial charge < -0.3 is 9.47 Å². The number of hydrogen-bond acceptors (Lipinski definition) is 4. The highest BCUT2D eigenvalue weighted by Crippen LogP contribution is 2.34. The van der Waals surface area contributed by atoms with Crippen molar-refractivity contribution >= 4 is 67.8 Å². The Labute approximate surface area is 297 Å². The molecule has 0 radical (unpaired) electrons. The summed E-state index contributed by atoms with van der Waals surface area (Å²) in [6, 6.07) is 60.8. The second-order valence-corrected chi connectivity index (χ2v) is 16.3. The molecule has 0 saturated heterocycles. The fourth-order valence-electron chi connectivity index (χ4n) is 7.54. The molecule has 5 nitrogen and oxygen atoms in total. The van der Waals surface area contributed by atoms with Crippen molar-refractivity contribution in [3.63, 3.8) is 0 Å². The Kier molecular flexibility index (Phi) is 7.76. The highest BCUT2D eigenvalue weighted by Gasteiger charge is 2.43. The lowest BCUT2D eigenvalue weighted by atomic mass is 10.1. The van der Waals surface area contributed by atoms with Crippen molar-refractivity contribution in [2.45, 2.75) is 0 Å². The number of benzene rings is 5. The third-order valence-electron chi connectivity index (χ3n) is 9.73. The summed E-state index contributed by atoms with van der Waals surface area (Å²) in [7, 11) is -2.95. The summed E-state index contributed by atoms with van der Waals surface area (Å²) in [5, 5.41) is 7.35. The Morgan fingerprint density at radius 3 is 1.59 bits per heavy atom. The van der Waals surface area contributed by atoms with E-state index in [9.17, 15) is 0 Å².